The first kappa shape index (κ1) is 10.7. The molecule has 0 fully saturated rings. The van der Waals surface area contributed by atoms with Crippen molar-refractivity contribution in [2.45, 2.75) is 0 Å². The molecule has 2 heterocycles. The van der Waals surface area contributed by atoms with E-state index >= 15 is 0 Å². The van der Waals surface area contributed by atoms with Crippen LogP contribution in [0, 0.1) is 0 Å². The molecule has 0 aliphatic carbocycles. The minimum Gasteiger partial charge on any atom is -0.397 e. The van der Waals surface area contributed by atoms with E-state index < -0.39 is 0 Å². The van der Waals surface area contributed by atoms with Crippen molar-refractivity contribution in [3.8, 4) is 11.4 Å². The van der Waals surface area contributed by atoms with Gasteiger partial charge in [0.1, 0.15) is 5.69 Å². The van der Waals surface area contributed by atoms with E-state index in [0.29, 0.717) is 5.69 Å². The predicted octanol–water partition coefficient (Wildman–Crippen LogP) is 1.72. The second kappa shape index (κ2) is 4.73. The van der Waals surface area contributed by atoms with Crippen LogP contribution in [0.2, 0.25) is 0 Å². The molecule has 0 spiro atoms. The zero-order valence-corrected chi connectivity index (χ0v) is 8.39. The van der Waals surface area contributed by atoms with Gasteiger partial charge in [-0.1, -0.05) is 6.07 Å². The van der Waals surface area contributed by atoms with Crippen molar-refractivity contribution in [1.82, 2.24) is 9.97 Å². The molecule has 0 amide bonds. The standard InChI is InChI=1S/C10H9N3.Co/c11-8-4-3-7-13-10(8)9-5-1-2-6-12-9;/h1-7H,11H2;. The molecule has 3 nitrogen and oxygen atoms in total. The van der Waals surface area contributed by atoms with E-state index in [1.807, 2.05) is 30.3 Å². The molecule has 0 aromatic carbocycles. The number of nitrogens with two attached hydrogens (primary N) is 1. The number of anilines is 1. The molecule has 4 heteroatoms. The molecule has 14 heavy (non-hydrogen) atoms. The van der Waals surface area contributed by atoms with Crippen LogP contribution in [0.25, 0.3) is 11.4 Å². The molecule has 2 rings (SSSR count). The molecule has 0 aliphatic rings. The summed E-state index contributed by atoms with van der Waals surface area (Å²) in [5.74, 6) is 0. The Bertz CT molecular complexity index is 403. The summed E-state index contributed by atoms with van der Waals surface area (Å²) >= 11 is 0. The van der Waals surface area contributed by atoms with Crippen LogP contribution in [-0.2, 0) is 16.8 Å². The van der Waals surface area contributed by atoms with Crippen LogP contribution in [0.5, 0.6) is 0 Å². The first-order valence-electron chi connectivity index (χ1n) is 4.00. The number of nitrogens with zero attached hydrogens (tertiary/aromatic N) is 2. The molecule has 1 radical (unpaired) electrons. The summed E-state index contributed by atoms with van der Waals surface area (Å²) in [6, 6.07) is 9.29. The molecule has 2 aromatic heterocycles. The summed E-state index contributed by atoms with van der Waals surface area (Å²) in [4.78, 5) is 8.33. The van der Waals surface area contributed by atoms with Crippen LogP contribution >= 0.6 is 0 Å². The van der Waals surface area contributed by atoms with Crippen molar-refractivity contribution < 1.29 is 16.8 Å². The van der Waals surface area contributed by atoms with Crippen molar-refractivity contribution in [1.29, 1.82) is 0 Å². The van der Waals surface area contributed by atoms with Gasteiger partial charge in [-0.3, -0.25) is 9.97 Å². The van der Waals surface area contributed by atoms with Crippen LogP contribution < -0.4 is 5.73 Å². The number of pyridine rings is 2. The molecule has 0 atom stereocenters. The van der Waals surface area contributed by atoms with Crippen molar-refractivity contribution in [2.24, 2.45) is 0 Å². The van der Waals surface area contributed by atoms with Crippen LogP contribution in [0.3, 0.4) is 0 Å². The summed E-state index contributed by atoms with van der Waals surface area (Å²) < 4.78 is 0. The van der Waals surface area contributed by atoms with Gasteiger partial charge in [0, 0.05) is 29.2 Å². The predicted molar refractivity (Wildman–Crippen MR) is 51.9 cm³/mol. The molecule has 0 saturated heterocycles. The van der Waals surface area contributed by atoms with Gasteiger partial charge in [-0.05, 0) is 24.3 Å². The van der Waals surface area contributed by atoms with Gasteiger partial charge in [0.15, 0.2) is 0 Å². The summed E-state index contributed by atoms with van der Waals surface area (Å²) in [6.07, 6.45) is 3.43. The topological polar surface area (TPSA) is 51.8 Å². The van der Waals surface area contributed by atoms with Gasteiger partial charge in [0.25, 0.3) is 0 Å². The fourth-order valence-corrected chi connectivity index (χ4v) is 1.13. The minimum atomic E-state index is 0. The van der Waals surface area contributed by atoms with Gasteiger partial charge in [-0.2, -0.15) is 0 Å². The minimum absolute atomic E-state index is 0. The summed E-state index contributed by atoms with van der Waals surface area (Å²) in [5.41, 5.74) is 7.95. The normalized spacial score (nSPS) is 9.14. The average Bonchev–Trinajstić information content (AvgIpc) is 2.20. The van der Waals surface area contributed by atoms with E-state index in [2.05, 4.69) is 9.97 Å². The van der Waals surface area contributed by atoms with Crippen LogP contribution in [0.15, 0.2) is 42.7 Å². The van der Waals surface area contributed by atoms with Gasteiger partial charge in [-0.15, -0.1) is 0 Å². The molecule has 0 unspecified atom stereocenters. The average molecular weight is 230 g/mol. The Morgan fingerprint density at radius 1 is 0.929 bits per heavy atom. The maximum Gasteiger partial charge on any atom is 0.111 e. The molecule has 73 valence electrons. The van der Waals surface area contributed by atoms with Gasteiger partial charge in [0.2, 0.25) is 0 Å². The number of rotatable bonds is 1. The van der Waals surface area contributed by atoms with Gasteiger partial charge < -0.3 is 5.73 Å². The van der Waals surface area contributed by atoms with Gasteiger partial charge >= 0.3 is 0 Å². The first-order valence-corrected chi connectivity index (χ1v) is 4.00. The molecule has 2 N–H and O–H groups in total. The van der Waals surface area contributed by atoms with Crippen molar-refractivity contribution in [3.05, 3.63) is 42.7 Å². The van der Waals surface area contributed by atoms with E-state index in [-0.39, 0.29) is 16.8 Å². The second-order valence-electron chi connectivity index (χ2n) is 2.66. The van der Waals surface area contributed by atoms with E-state index in [4.69, 9.17) is 5.73 Å². The SMILES string of the molecule is Nc1cccnc1-c1ccccn1.[Co]. The summed E-state index contributed by atoms with van der Waals surface area (Å²) in [5, 5.41) is 0. The third kappa shape index (κ3) is 2.10. The van der Waals surface area contributed by atoms with E-state index in [1.165, 1.54) is 0 Å². The van der Waals surface area contributed by atoms with E-state index in [1.54, 1.807) is 12.4 Å². The molecule has 0 saturated carbocycles. The van der Waals surface area contributed by atoms with Crippen LogP contribution in [0.1, 0.15) is 0 Å². The van der Waals surface area contributed by atoms with Crippen molar-refractivity contribution in [2.75, 3.05) is 5.73 Å². The maximum atomic E-state index is 5.75. The number of nitrogen functional groups attached to an aromatic ring is 1. The van der Waals surface area contributed by atoms with E-state index in [9.17, 15) is 0 Å². The number of hydrogen-bond donors (Lipinski definition) is 1. The van der Waals surface area contributed by atoms with Crippen molar-refractivity contribution in [3.63, 3.8) is 0 Å². The van der Waals surface area contributed by atoms with Crippen LogP contribution in [-0.4, -0.2) is 9.97 Å². The Kier molecular flexibility index (Phi) is 3.61. The van der Waals surface area contributed by atoms with Crippen molar-refractivity contribution >= 4 is 5.69 Å². The number of aromatic nitrogens is 2. The smallest absolute Gasteiger partial charge is 0.111 e. The first-order chi connectivity index (χ1) is 6.38. The summed E-state index contributed by atoms with van der Waals surface area (Å²) in [6.45, 7) is 0. The largest absolute Gasteiger partial charge is 0.397 e. The molecule has 0 bridgehead atoms. The third-order valence-electron chi connectivity index (χ3n) is 1.75. The molecule has 2 aromatic rings. The van der Waals surface area contributed by atoms with Gasteiger partial charge in [-0.25, -0.2) is 0 Å². The zero-order chi connectivity index (χ0) is 9.10. The fourth-order valence-electron chi connectivity index (χ4n) is 1.13. The monoisotopic (exact) mass is 230 g/mol. The maximum absolute atomic E-state index is 5.75. The molecule has 0 aliphatic heterocycles. The Morgan fingerprint density at radius 2 is 1.71 bits per heavy atom. The Labute approximate surface area is 92.6 Å². The molecular formula is C10H9CoN3. The fraction of sp³-hybridized carbons (Fsp3) is 0. The quantitative estimate of drug-likeness (QED) is 0.811. The van der Waals surface area contributed by atoms with Crippen LogP contribution in [0.4, 0.5) is 5.69 Å². The molecular weight excluding hydrogens is 221 g/mol. The Morgan fingerprint density at radius 3 is 2.36 bits per heavy atom. The third-order valence-corrected chi connectivity index (χ3v) is 1.75. The second-order valence-corrected chi connectivity index (χ2v) is 2.66. The zero-order valence-electron chi connectivity index (χ0n) is 7.35. The van der Waals surface area contributed by atoms with E-state index in [0.717, 1.165) is 11.4 Å². The summed E-state index contributed by atoms with van der Waals surface area (Å²) in [7, 11) is 0. The Balaban J connectivity index is 0.000000980. The number of hydrogen-bond acceptors (Lipinski definition) is 3. The Hall–Kier alpha value is -1.39. The van der Waals surface area contributed by atoms with Gasteiger partial charge in [0.05, 0.1) is 11.4 Å².